The number of halogens is 1. The van der Waals surface area contributed by atoms with Crippen LogP contribution in [0.15, 0.2) is 6.20 Å². The third-order valence-electron chi connectivity index (χ3n) is 3.53. The van der Waals surface area contributed by atoms with Crippen LogP contribution in [0, 0.1) is 5.92 Å². The van der Waals surface area contributed by atoms with Crippen molar-refractivity contribution in [1.29, 1.82) is 0 Å². The maximum Gasteiger partial charge on any atom is 0.0820 e. The fourth-order valence-corrected chi connectivity index (χ4v) is 2.88. The molecule has 0 bridgehead atoms. The largest absolute Gasteiger partial charge is 0.328 e. The second-order valence-corrected chi connectivity index (χ2v) is 5.07. The molecule has 0 aliphatic heterocycles. The fraction of sp³-hybridized carbons (Fsp3) is 0.727. The molecule has 3 atom stereocenters. The van der Waals surface area contributed by atoms with Gasteiger partial charge in [0.1, 0.15) is 0 Å². The quantitative estimate of drug-likeness (QED) is 0.800. The van der Waals surface area contributed by atoms with Gasteiger partial charge in [-0.25, -0.2) is 0 Å². The Hall–Kier alpha value is -0.540. The van der Waals surface area contributed by atoms with E-state index < -0.39 is 0 Å². The van der Waals surface area contributed by atoms with E-state index >= 15 is 0 Å². The first-order valence-electron chi connectivity index (χ1n) is 5.52. The van der Waals surface area contributed by atoms with Crippen LogP contribution in [0.2, 0.25) is 5.02 Å². The molecular weight excluding hydrogens is 210 g/mol. The van der Waals surface area contributed by atoms with E-state index in [-0.39, 0.29) is 0 Å². The van der Waals surface area contributed by atoms with E-state index in [4.69, 9.17) is 17.3 Å². The Morgan fingerprint density at radius 1 is 1.53 bits per heavy atom. The maximum atomic E-state index is 6.17. The number of rotatable bonds is 1. The van der Waals surface area contributed by atoms with Crippen LogP contribution in [0.4, 0.5) is 0 Å². The van der Waals surface area contributed by atoms with E-state index in [1.165, 1.54) is 6.42 Å². The summed E-state index contributed by atoms with van der Waals surface area (Å²) in [7, 11) is 1.95. The highest BCUT2D eigenvalue weighted by atomic mass is 35.5. The molecule has 0 spiro atoms. The highest BCUT2D eigenvalue weighted by Gasteiger charge is 2.30. The number of nitrogens with zero attached hydrogens (tertiary/aromatic N) is 2. The minimum absolute atomic E-state index is 0.317. The summed E-state index contributed by atoms with van der Waals surface area (Å²) in [5.74, 6) is 1.12. The van der Waals surface area contributed by atoms with Gasteiger partial charge in [-0.05, 0) is 25.2 Å². The minimum atomic E-state index is 0.317. The Morgan fingerprint density at radius 2 is 2.27 bits per heavy atom. The SMILES string of the molecule is CC1CCC(N)CC1c1c(Cl)cnn1C. The van der Waals surface area contributed by atoms with Crippen LogP contribution in [0.3, 0.4) is 0 Å². The standard InChI is InChI=1S/C11H18ClN3/c1-7-3-4-8(13)5-9(7)11-10(12)6-14-15(11)2/h6-9H,3-5,13H2,1-2H3. The van der Waals surface area contributed by atoms with E-state index in [0.29, 0.717) is 17.9 Å². The molecule has 1 aromatic heterocycles. The summed E-state index contributed by atoms with van der Waals surface area (Å²) in [6.45, 7) is 2.28. The third-order valence-corrected chi connectivity index (χ3v) is 3.82. The lowest BCUT2D eigenvalue weighted by Gasteiger charge is -2.32. The van der Waals surface area contributed by atoms with E-state index in [9.17, 15) is 0 Å². The number of hydrogen-bond acceptors (Lipinski definition) is 2. The second-order valence-electron chi connectivity index (χ2n) is 4.66. The summed E-state index contributed by atoms with van der Waals surface area (Å²) in [6.07, 6.45) is 5.07. The molecule has 2 N–H and O–H groups in total. The van der Waals surface area contributed by atoms with Gasteiger partial charge in [-0.2, -0.15) is 5.10 Å². The van der Waals surface area contributed by atoms with Crippen molar-refractivity contribution >= 4 is 11.6 Å². The van der Waals surface area contributed by atoms with Gasteiger partial charge in [-0.3, -0.25) is 4.68 Å². The Labute approximate surface area is 95.6 Å². The van der Waals surface area contributed by atoms with Gasteiger partial charge in [0.05, 0.1) is 16.9 Å². The predicted molar refractivity (Wildman–Crippen MR) is 61.9 cm³/mol. The number of aryl methyl sites for hydroxylation is 1. The Kier molecular flexibility index (Phi) is 3.03. The van der Waals surface area contributed by atoms with Gasteiger partial charge in [-0.1, -0.05) is 18.5 Å². The molecule has 3 unspecified atom stereocenters. The van der Waals surface area contributed by atoms with E-state index in [1.807, 2.05) is 11.7 Å². The lowest BCUT2D eigenvalue weighted by atomic mass is 9.76. The van der Waals surface area contributed by atoms with Gasteiger partial charge in [0.2, 0.25) is 0 Å². The van der Waals surface area contributed by atoms with Crippen molar-refractivity contribution in [3.05, 3.63) is 16.9 Å². The molecule has 0 saturated heterocycles. The number of aromatic nitrogens is 2. The first kappa shape index (κ1) is 11.0. The summed E-state index contributed by atoms with van der Waals surface area (Å²) in [5, 5.41) is 4.98. The van der Waals surface area contributed by atoms with E-state index in [0.717, 1.165) is 23.6 Å². The third kappa shape index (κ3) is 2.04. The molecule has 0 amide bonds. The first-order chi connectivity index (χ1) is 7.09. The smallest absolute Gasteiger partial charge is 0.0820 e. The second kappa shape index (κ2) is 4.14. The van der Waals surface area contributed by atoms with Gasteiger partial charge in [0.15, 0.2) is 0 Å². The van der Waals surface area contributed by atoms with Crippen LogP contribution in [0.5, 0.6) is 0 Å². The van der Waals surface area contributed by atoms with Crippen LogP contribution < -0.4 is 5.73 Å². The minimum Gasteiger partial charge on any atom is -0.328 e. The average molecular weight is 228 g/mol. The van der Waals surface area contributed by atoms with Crippen LogP contribution >= 0.6 is 11.6 Å². The number of hydrogen-bond donors (Lipinski definition) is 1. The Bertz CT molecular complexity index is 328. The van der Waals surface area contributed by atoms with Crippen LogP contribution in [0.25, 0.3) is 0 Å². The van der Waals surface area contributed by atoms with Crippen LogP contribution in [-0.2, 0) is 7.05 Å². The summed E-state index contributed by atoms with van der Waals surface area (Å²) < 4.78 is 1.89. The maximum absolute atomic E-state index is 6.17. The molecular formula is C11H18ClN3. The van der Waals surface area contributed by atoms with Crippen LogP contribution in [0.1, 0.15) is 37.8 Å². The molecule has 84 valence electrons. The van der Waals surface area contributed by atoms with Crippen molar-refractivity contribution in [1.82, 2.24) is 9.78 Å². The number of nitrogens with two attached hydrogens (primary N) is 1. The van der Waals surface area contributed by atoms with Crippen molar-refractivity contribution in [2.45, 2.75) is 38.1 Å². The summed E-state index contributed by atoms with van der Waals surface area (Å²) in [4.78, 5) is 0. The molecule has 2 rings (SSSR count). The molecule has 3 nitrogen and oxygen atoms in total. The van der Waals surface area contributed by atoms with Gasteiger partial charge in [0.25, 0.3) is 0 Å². The highest BCUT2D eigenvalue weighted by molar-refractivity contribution is 6.31. The molecule has 15 heavy (non-hydrogen) atoms. The normalized spacial score (nSPS) is 31.9. The van der Waals surface area contributed by atoms with Crippen molar-refractivity contribution < 1.29 is 0 Å². The summed E-state index contributed by atoms with van der Waals surface area (Å²) in [5.41, 5.74) is 7.17. The lowest BCUT2D eigenvalue weighted by molar-refractivity contribution is 0.290. The monoisotopic (exact) mass is 227 g/mol. The molecule has 1 heterocycles. The van der Waals surface area contributed by atoms with Gasteiger partial charge < -0.3 is 5.73 Å². The van der Waals surface area contributed by atoms with Crippen molar-refractivity contribution in [3.63, 3.8) is 0 Å². The molecule has 1 aromatic rings. The van der Waals surface area contributed by atoms with Crippen molar-refractivity contribution in [2.24, 2.45) is 18.7 Å². The summed E-state index contributed by atoms with van der Waals surface area (Å²) >= 11 is 6.17. The predicted octanol–water partition coefficient (Wildman–Crippen LogP) is 2.30. The molecule has 1 aliphatic rings. The Morgan fingerprint density at radius 3 is 2.87 bits per heavy atom. The Balaban J connectivity index is 2.28. The fourth-order valence-electron chi connectivity index (χ4n) is 2.57. The zero-order valence-corrected chi connectivity index (χ0v) is 10.0. The highest BCUT2D eigenvalue weighted by Crippen LogP contribution is 2.39. The first-order valence-corrected chi connectivity index (χ1v) is 5.90. The average Bonchev–Trinajstić information content (AvgIpc) is 2.51. The van der Waals surface area contributed by atoms with Crippen LogP contribution in [-0.4, -0.2) is 15.8 Å². The van der Waals surface area contributed by atoms with Gasteiger partial charge in [-0.15, -0.1) is 0 Å². The van der Waals surface area contributed by atoms with E-state index in [1.54, 1.807) is 6.20 Å². The summed E-state index contributed by atoms with van der Waals surface area (Å²) in [6, 6.07) is 0.317. The van der Waals surface area contributed by atoms with Gasteiger partial charge >= 0.3 is 0 Å². The molecule has 1 fully saturated rings. The van der Waals surface area contributed by atoms with E-state index in [2.05, 4.69) is 12.0 Å². The molecule has 1 aliphatic carbocycles. The zero-order valence-electron chi connectivity index (χ0n) is 9.28. The van der Waals surface area contributed by atoms with Gasteiger partial charge in [0, 0.05) is 19.0 Å². The molecule has 0 radical (unpaired) electrons. The lowest BCUT2D eigenvalue weighted by Crippen LogP contribution is -2.32. The topological polar surface area (TPSA) is 43.8 Å². The van der Waals surface area contributed by atoms with Crippen molar-refractivity contribution in [2.75, 3.05) is 0 Å². The molecule has 4 heteroatoms. The zero-order chi connectivity index (χ0) is 11.0. The molecule has 0 aromatic carbocycles. The molecule has 1 saturated carbocycles. The van der Waals surface area contributed by atoms with Crippen molar-refractivity contribution in [3.8, 4) is 0 Å².